The summed E-state index contributed by atoms with van der Waals surface area (Å²) in [6, 6.07) is 1.74. The second-order valence-corrected chi connectivity index (χ2v) is 4.42. The third-order valence-corrected chi connectivity index (χ3v) is 2.66. The fourth-order valence-corrected chi connectivity index (χ4v) is 1.60. The smallest absolute Gasteiger partial charge is 0.141 e. The number of amidine groups is 1. The number of pyridine rings is 1. The predicted octanol–water partition coefficient (Wildman–Crippen LogP) is 1.57. The van der Waals surface area contributed by atoms with Gasteiger partial charge in [0, 0.05) is 31.7 Å². The van der Waals surface area contributed by atoms with E-state index in [-0.39, 0.29) is 17.7 Å². The summed E-state index contributed by atoms with van der Waals surface area (Å²) in [7, 11) is 0. The first-order valence-corrected chi connectivity index (χ1v) is 5.82. The zero-order chi connectivity index (χ0) is 13.5. The van der Waals surface area contributed by atoms with Gasteiger partial charge >= 0.3 is 0 Å². The lowest BCUT2D eigenvalue weighted by Crippen LogP contribution is -2.33. The van der Waals surface area contributed by atoms with Crippen molar-refractivity contribution in [2.45, 2.75) is 32.9 Å². The molecule has 3 N–H and O–H groups in total. The highest BCUT2D eigenvalue weighted by Crippen LogP contribution is 2.09. The Balaban J connectivity index is 2.63. The monoisotopic (exact) mass is 254 g/mol. The summed E-state index contributed by atoms with van der Waals surface area (Å²) >= 11 is 0. The van der Waals surface area contributed by atoms with Crippen LogP contribution in [0.1, 0.15) is 25.8 Å². The fourth-order valence-electron chi connectivity index (χ4n) is 1.60. The van der Waals surface area contributed by atoms with E-state index in [2.05, 4.69) is 15.0 Å². The van der Waals surface area contributed by atoms with Crippen LogP contribution in [-0.4, -0.2) is 33.5 Å². The second kappa shape index (κ2) is 6.90. The van der Waals surface area contributed by atoms with E-state index in [1.807, 2.05) is 13.8 Å². The molecule has 0 bridgehead atoms. The molecule has 0 amide bonds. The Morgan fingerprint density at radius 1 is 1.56 bits per heavy atom. The number of nitrogens with two attached hydrogens (primary N) is 1. The number of rotatable bonds is 6. The highest BCUT2D eigenvalue weighted by Gasteiger charge is 2.11. The summed E-state index contributed by atoms with van der Waals surface area (Å²) in [5.74, 6) is -0.148. The molecule has 0 atom stereocenters. The minimum absolute atomic E-state index is 0.193. The SMILES string of the molecule is CC(C)N(CC/C(N)=N/O)Cc1cncc(F)c1. The van der Waals surface area contributed by atoms with Gasteiger partial charge in [-0.2, -0.15) is 0 Å². The highest BCUT2D eigenvalue weighted by molar-refractivity contribution is 5.79. The van der Waals surface area contributed by atoms with Crippen LogP contribution in [0.5, 0.6) is 0 Å². The maximum atomic E-state index is 13.0. The van der Waals surface area contributed by atoms with E-state index in [0.717, 1.165) is 5.56 Å². The number of nitrogens with zero attached hydrogens (tertiary/aromatic N) is 3. The van der Waals surface area contributed by atoms with E-state index in [0.29, 0.717) is 19.5 Å². The first kappa shape index (κ1) is 14.4. The lowest BCUT2D eigenvalue weighted by Gasteiger charge is -2.26. The summed E-state index contributed by atoms with van der Waals surface area (Å²) in [6.07, 6.45) is 3.29. The number of hydrogen-bond acceptors (Lipinski definition) is 4. The van der Waals surface area contributed by atoms with Crippen molar-refractivity contribution in [1.82, 2.24) is 9.88 Å². The van der Waals surface area contributed by atoms with Crippen molar-refractivity contribution >= 4 is 5.84 Å². The van der Waals surface area contributed by atoms with E-state index in [1.54, 1.807) is 6.20 Å². The van der Waals surface area contributed by atoms with Crippen molar-refractivity contribution in [3.05, 3.63) is 29.8 Å². The van der Waals surface area contributed by atoms with Gasteiger partial charge < -0.3 is 10.9 Å². The van der Waals surface area contributed by atoms with Crippen LogP contribution in [0.2, 0.25) is 0 Å². The summed E-state index contributed by atoms with van der Waals surface area (Å²) < 4.78 is 13.0. The standard InChI is InChI=1S/C12H19FN4O/c1-9(2)17(4-3-12(14)16-18)8-10-5-11(13)7-15-6-10/h5-7,9,18H,3-4,8H2,1-2H3,(H2,14,16). The third kappa shape index (κ3) is 4.67. The maximum Gasteiger partial charge on any atom is 0.141 e. The normalized spacial score (nSPS) is 12.4. The molecule has 0 aromatic carbocycles. The van der Waals surface area contributed by atoms with Gasteiger partial charge in [0.25, 0.3) is 0 Å². The molecular weight excluding hydrogens is 235 g/mol. The Kier molecular flexibility index (Phi) is 5.51. The molecule has 0 saturated heterocycles. The van der Waals surface area contributed by atoms with Crippen molar-refractivity contribution in [2.24, 2.45) is 10.9 Å². The second-order valence-electron chi connectivity index (χ2n) is 4.42. The number of hydrogen-bond donors (Lipinski definition) is 2. The third-order valence-electron chi connectivity index (χ3n) is 2.66. The number of aromatic nitrogens is 1. The molecule has 0 aliphatic rings. The van der Waals surface area contributed by atoms with Crippen LogP contribution in [0, 0.1) is 5.82 Å². The molecule has 5 nitrogen and oxygen atoms in total. The van der Waals surface area contributed by atoms with Crippen LogP contribution >= 0.6 is 0 Å². The molecule has 0 aliphatic carbocycles. The van der Waals surface area contributed by atoms with E-state index in [9.17, 15) is 4.39 Å². The molecule has 0 spiro atoms. The van der Waals surface area contributed by atoms with Crippen molar-refractivity contribution in [1.29, 1.82) is 0 Å². The molecule has 0 unspecified atom stereocenters. The molecule has 0 aliphatic heterocycles. The molecule has 0 radical (unpaired) electrons. The average molecular weight is 254 g/mol. The van der Waals surface area contributed by atoms with Crippen LogP contribution in [0.25, 0.3) is 0 Å². The molecule has 1 heterocycles. The molecule has 1 aromatic rings. The van der Waals surface area contributed by atoms with E-state index < -0.39 is 0 Å². The van der Waals surface area contributed by atoms with Gasteiger partial charge in [0.15, 0.2) is 0 Å². The molecule has 100 valence electrons. The van der Waals surface area contributed by atoms with Gasteiger partial charge in [-0.3, -0.25) is 9.88 Å². The molecule has 18 heavy (non-hydrogen) atoms. The lowest BCUT2D eigenvalue weighted by atomic mass is 10.2. The van der Waals surface area contributed by atoms with E-state index >= 15 is 0 Å². The largest absolute Gasteiger partial charge is 0.409 e. The first-order valence-electron chi connectivity index (χ1n) is 5.82. The van der Waals surface area contributed by atoms with Gasteiger partial charge in [-0.05, 0) is 25.5 Å². The maximum absolute atomic E-state index is 13.0. The Labute approximate surface area is 106 Å². The van der Waals surface area contributed by atoms with Crippen molar-refractivity contribution in [3.8, 4) is 0 Å². The van der Waals surface area contributed by atoms with Crippen molar-refractivity contribution in [2.75, 3.05) is 6.54 Å². The fraction of sp³-hybridized carbons (Fsp3) is 0.500. The van der Waals surface area contributed by atoms with Crippen LogP contribution in [0.15, 0.2) is 23.6 Å². The number of halogens is 1. The highest BCUT2D eigenvalue weighted by atomic mass is 19.1. The Morgan fingerprint density at radius 2 is 2.28 bits per heavy atom. The van der Waals surface area contributed by atoms with Crippen LogP contribution < -0.4 is 5.73 Å². The van der Waals surface area contributed by atoms with E-state index in [4.69, 9.17) is 10.9 Å². The molecule has 1 aromatic heterocycles. The molecular formula is C12H19FN4O. The van der Waals surface area contributed by atoms with Crippen LogP contribution in [-0.2, 0) is 6.54 Å². The Morgan fingerprint density at radius 3 is 2.83 bits per heavy atom. The zero-order valence-corrected chi connectivity index (χ0v) is 10.7. The van der Waals surface area contributed by atoms with Gasteiger partial charge in [-0.25, -0.2) is 4.39 Å². The molecule has 0 saturated carbocycles. The minimum atomic E-state index is -0.340. The summed E-state index contributed by atoms with van der Waals surface area (Å²) in [5, 5.41) is 11.4. The molecule has 0 fully saturated rings. The summed E-state index contributed by atoms with van der Waals surface area (Å²) in [5.41, 5.74) is 6.25. The van der Waals surface area contributed by atoms with Gasteiger partial charge in [0.1, 0.15) is 11.7 Å². The van der Waals surface area contributed by atoms with Crippen molar-refractivity contribution < 1.29 is 9.60 Å². The van der Waals surface area contributed by atoms with Crippen molar-refractivity contribution in [3.63, 3.8) is 0 Å². The Hall–Kier alpha value is -1.69. The van der Waals surface area contributed by atoms with Gasteiger partial charge in [0.2, 0.25) is 0 Å². The van der Waals surface area contributed by atoms with Gasteiger partial charge in [0.05, 0.1) is 6.20 Å². The molecule has 6 heteroatoms. The van der Waals surface area contributed by atoms with Crippen LogP contribution in [0.4, 0.5) is 4.39 Å². The van der Waals surface area contributed by atoms with E-state index in [1.165, 1.54) is 12.3 Å². The Bertz CT molecular complexity index is 409. The predicted molar refractivity (Wildman–Crippen MR) is 67.8 cm³/mol. The average Bonchev–Trinajstić information content (AvgIpc) is 2.33. The summed E-state index contributed by atoms with van der Waals surface area (Å²) in [6.45, 7) is 5.31. The summed E-state index contributed by atoms with van der Waals surface area (Å²) in [4.78, 5) is 5.92. The molecule has 1 rings (SSSR count). The lowest BCUT2D eigenvalue weighted by molar-refractivity contribution is 0.217. The van der Waals surface area contributed by atoms with Crippen LogP contribution in [0.3, 0.4) is 0 Å². The zero-order valence-electron chi connectivity index (χ0n) is 10.7. The topological polar surface area (TPSA) is 74.7 Å². The number of oxime groups is 1. The quantitative estimate of drug-likeness (QED) is 0.350. The van der Waals surface area contributed by atoms with Gasteiger partial charge in [-0.15, -0.1) is 0 Å². The first-order chi connectivity index (χ1) is 8.52. The minimum Gasteiger partial charge on any atom is -0.409 e. The van der Waals surface area contributed by atoms with Gasteiger partial charge in [-0.1, -0.05) is 5.16 Å².